The van der Waals surface area contributed by atoms with Crippen LogP contribution in [0.25, 0.3) is 0 Å². The Kier molecular flexibility index (Phi) is 4.49. The number of nitrogens with zero attached hydrogens (tertiary/aromatic N) is 1. The molecule has 0 aliphatic carbocycles. The van der Waals surface area contributed by atoms with Crippen LogP contribution in [-0.4, -0.2) is 37.4 Å². The number of carboxylic acids is 1. The van der Waals surface area contributed by atoms with Crippen LogP contribution in [0.3, 0.4) is 0 Å². The molecule has 0 fully saturated rings. The number of anilines is 2. The molecule has 0 aliphatic rings. The predicted molar refractivity (Wildman–Crippen MR) is 78.5 cm³/mol. The highest BCUT2D eigenvalue weighted by Gasteiger charge is 2.14. The molecule has 0 bridgehead atoms. The minimum absolute atomic E-state index is 0.157. The van der Waals surface area contributed by atoms with E-state index < -0.39 is 5.97 Å². The van der Waals surface area contributed by atoms with Gasteiger partial charge in [0.25, 0.3) is 0 Å². The van der Waals surface area contributed by atoms with Gasteiger partial charge < -0.3 is 24.6 Å². The van der Waals surface area contributed by atoms with Gasteiger partial charge in [-0.15, -0.1) is 0 Å². The number of nitrogens with one attached hydrogen (secondary N) is 1. The van der Waals surface area contributed by atoms with Crippen molar-refractivity contribution in [3.63, 3.8) is 0 Å². The van der Waals surface area contributed by atoms with Crippen LogP contribution in [0, 0.1) is 0 Å². The number of methoxy groups -OCH3 is 3. The van der Waals surface area contributed by atoms with Gasteiger partial charge in [0.2, 0.25) is 5.75 Å². The molecule has 0 atom stereocenters. The third-order valence-corrected chi connectivity index (χ3v) is 3.53. The lowest BCUT2D eigenvalue weighted by Gasteiger charge is -2.14. The van der Waals surface area contributed by atoms with E-state index >= 15 is 0 Å². The molecule has 0 saturated heterocycles. The van der Waals surface area contributed by atoms with Crippen LogP contribution in [0.4, 0.5) is 10.8 Å². The Hall–Kier alpha value is -2.48. The highest BCUT2D eigenvalue weighted by molar-refractivity contribution is 7.17. The number of hydrogen-bond donors (Lipinski definition) is 2. The van der Waals surface area contributed by atoms with Gasteiger partial charge in [-0.1, -0.05) is 11.3 Å². The SMILES string of the molecule is COc1cc(Nc2ncc(C(=O)O)s2)cc(OC)c1OC. The van der Waals surface area contributed by atoms with E-state index in [1.807, 2.05) is 0 Å². The van der Waals surface area contributed by atoms with Crippen molar-refractivity contribution in [2.45, 2.75) is 0 Å². The third kappa shape index (κ3) is 3.16. The van der Waals surface area contributed by atoms with E-state index in [0.717, 1.165) is 11.3 Å². The number of carbonyl (C=O) groups is 1. The number of aromatic nitrogens is 1. The summed E-state index contributed by atoms with van der Waals surface area (Å²) in [5, 5.41) is 12.4. The summed E-state index contributed by atoms with van der Waals surface area (Å²) in [6.07, 6.45) is 1.30. The number of hydrogen-bond acceptors (Lipinski definition) is 7. The smallest absolute Gasteiger partial charge is 0.347 e. The molecule has 0 aliphatic heterocycles. The normalized spacial score (nSPS) is 10.0. The molecule has 2 N–H and O–H groups in total. The average molecular weight is 310 g/mol. The average Bonchev–Trinajstić information content (AvgIpc) is 2.94. The van der Waals surface area contributed by atoms with Gasteiger partial charge in [-0.2, -0.15) is 0 Å². The Morgan fingerprint density at radius 3 is 2.24 bits per heavy atom. The van der Waals surface area contributed by atoms with Gasteiger partial charge in [-0.05, 0) is 0 Å². The number of ether oxygens (including phenoxy) is 3. The van der Waals surface area contributed by atoms with Crippen LogP contribution < -0.4 is 19.5 Å². The Morgan fingerprint density at radius 2 is 1.81 bits per heavy atom. The number of benzene rings is 1. The van der Waals surface area contributed by atoms with Crippen molar-refractivity contribution in [1.82, 2.24) is 4.98 Å². The van der Waals surface area contributed by atoms with Gasteiger partial charge in [0.15, 0.2) is 16.6 Å². The second-order valence-corrected chi connectivity index (χ2v) is 4.90. The summed E-state index contributed by atoms with van der Waals surface area (Å²) in [5.41, 5.74) is 0.649. The lowest BCUT2D eigenvalue weighted by molar-refractivity contribution is 0.0702. The van der Waals surface area contributed by atoms with Crippen molar-refractivity contribution in [2.75, 3.05) is 26.6 Å². The van der Waals surface area contributed by atoms with E-state index in [-0.39, 0.29) is 4.88 Å². The Morgan fingerprint density at radius 1 is 1.19 bits per heavy atom. The second kappa shape index (κ2) is 6.31. The molecule has 0 unspecified atom stereocenters. The van der Waals surface area contributed by atoms with Crippen molar-refractivity contribution < 1.29 is 24.1 Å². The Balaban J connectivity index is 2.32. The summed E-state index contributed by atoms with van der Waals surface area (Å²) in [6, 6.07) is 3.42. The van der Waals surface area contributed by atoms with E-state index in [1.54, 1.807) is 12.1 Å². The fraction of sp³-hybridized carbons (Fsp3) is 0.231. The number of thiazole rings is 1. The predicted octanol–water partition coefficient (Wildman–Crippen LogP) is 2.61. The van der Waals surface area contributed by atoms with E-state index in [9.17, 15) is 4.79 Å². The third-order valence-electron chi connectivity index (χ3n) is 2.63. The summed E-state index contributed by atoms with van der Waals surface area (Å²) in [6.45, 7) is 0. The van der Waals surface area contributed by atoms with E-state index in [0.29, 0.717) is 28.1 Å². The van der Waals surface area contributed by atoms with E-state index in [1.165, 1.54) is 27.5 Å². The summed E-state index contributed by atoms with van der Waals surface area (Å²) in [7, 11) is 4.56. The summed E-state index contributed by atoms with van der Waals surface area (Å²) in [4.78, 5) is 15.0. The van der Waals surface area contributed by atoms with Crippen molar-refractivity contribution in [3.05, 3.63) is 23.2 Å². The van der Waals surface area contributed by atoms with Gasteiger partial charge in [0.1, 0.15) is 4.88 Å². The van der Waals surface area contributed by atoms with Gasteiger partial charge in [-0.25, -0.2) is 9.78 Å². The number of carboxylic acid groups (broad SMARTS) is 1. The first-order chi connectivity index (χ1) is 10.1. The first kappa shape index (κ1) is 14.9. The molecule has 1 aromatic heterocycles. The van der Waals surface area contributed by atoms with E-state index in [4.69, 9.17) is 19.3 Å². The molecule has 7 nitrogen and oxygen atoms in total. The summed E-state index contributed by atoms with van der Waals surface area (Å²) >= 11 is 1.04. The lowest BCUT2D eigenvalue weighted by Crippen LogP contribution is -1.97. The van der Waals surface area contributed by atoms with Crippen molar-refractivity contribution >= 4 is 28.1 Å². The monoisotopic (exact) mass is 310 g/mol. The standard InChI is InChI=1S/C13H14N2O5S/c1-18-8-4-7(5-9(19-2)11(8)20-3)15-13-14-6-10(21-13)12(16)17/h4-6H,1-3H3,(H,14,15)(H,16,17). The van der Waals surface area contributed by atoms with Crippen LogP contribution in [0.1, 0.15) is 9.67 Å². The van der Waals surface area contributed by atoms with Crippen molar-refractivity contribution in [3.8, 4) is 17.2 Å². The van der Waals surface area contributed by atoms with Crippen LogP contribution in [0.15, 0.2) is 18.3 Å². The Labute approximate surface area is 125 Å². The van der Waals surface area contributed by atoms with Gasteiger partial charge >= 0.3 is 5.97 Å². The minimum Gasteiger partial charge on any atom is -0.493 e. The lowest BCUT2D eigenvalue weighted by atomic mass is 10.2. The van der Waals surface area contributed by atoms with Gasteiger partial charge in [-0.3, -0.25) is 0 Å². The number of rotatable bonds is 6. The van der Waals surface area contributed by atoms with Crippen LogP contribution in [-0.2, 0) is 0 Å². The van der Waals surface area contributed by atoms with Gasteiger partial charge in [0, 0.05) is 17.8 Å². The van der Waals surface area contributed by atoms with Crippen molar-refractivity contribution in [2.24, 2.45) is 0 Å². The number of aromatic carboxylic acids is 1. The molecule has 2 rings (SSSR count). The summed E-state index contributed by atoms with van der Waals surface area (Å²) in [5.74, 6) is 0.463. The molecule has 112 valence electrons. The topological polar surface area (TPSA) is 89.9 Å². The zero-order valence-electron chi connectivity index (χ0n) is 11.7. The fourth-order valence-electron chi connectivity index (χ4n) is 1.71. The first-order valence-corrected chi connectivity index (χ1v) is 6.66. The Bertz CT molecular complexity index is 631. The first-order valence-electron chi connectivity index (χ1n) is 5.85. The molecule has 1 aromatic carbocycles. The summed E-state index contributed by atoms with van der Waals surface area (Å²) < 4.78 is 15.7. The molecule has 2 aromatic rings. The minimum atomic E-state index is -1.01. The molecular formula is C13H14N2O5S. The molecule has 0 saturated carbocycles. The zero-order valence-corrected chi connectivity index (χ0v) is 12.5. The molecule has 8 heteroatoms. The van der Waals surface area contributed by atoms with Crippen LogP contribution >= 0.6 is 11.3 Å². The molecule has 0 radical (unpaired) electrons. The van der Waals surface area contributed by atoms with Crippen LogP contribution in [0.2, 0.25) is 0 Å². The maximum atomic E-state index is 10.8. The van der Waals surface area contributed by atoms with Crippen LogP contribution in [0.5, 0.6) is 17.2 Å². The van der Waals surface area contributed by atoms with Crippen molar-refractivity contribution in [1.29, 1.82) is 0 Å². The largest absolute Gasteiger partial charge is 0.493 e. The molecule has 1 heterocycles. The van der Waals surface area contributed by atoms with E-state index in [2.05, 4.69) is 10.3 Å². The highest BCUT2D eigenvalue weighted by atomic mass is 32.1. The molecular weight excluding hydrogens is 296 g/mol. The maximum Gasteiger partial charge on any atom is 0.347 e. The van der Waals surface area contributed by atoms with Gasteiger partial charge in [0.05, 0.1) is 27.5 Å². The quantitative estimate of drug-likeness (QED) is 0.847. The molecule has 0 amide bonds. The highest BCUT2D eigenvalue weighted by Crippen LogP contribution is 2.40. The second-order valence-electron chi connectivity index (χ2n) is 3.87. The fourth-order valence-corrected chi connectivity index (χ4v) is 2.38. The molecule has 0 spiro atoms. The molecule has 21 heavy (non-hydrogen) atoms. The maximum absolute atomic E-state index is 10.8. The zero-order chi connectivity index (χ0) is 15.4.